The second kappa shape index (κ2) is 10.4. The molecule has 0 aliphatic carbocycles. The van der Waals surface area contributed by atoms with Crippen LogP contribution in [0, 0.1) is 6.92 Å². The summed E-state index contributed by atoms with van der Waals surface area (Å²) in [5.74, 6) is 1.18. The maximum Gasteiger partial charge on any atom is 0.255 e. The molecule has 2 heterocycles. The van der Waals surface area contributed by atoms with E-state index in [0.717, 1.165) is 34.7 Å². The van der Waals surface area contributed by atoms with E-state index in [1.165, 1.54) is 0 Å². The number of methoxy groups -OCH3 is 1. The molecule has 2 aromatic carbocycles. The first-order valence-electron chi connectivity index (χ1n) is 10.7. The Morgan fingerprint density at radius 2 is 1.82 bits per heavy atom. The second-order valence-corrected chi connectivity index (χ2v) is 7.53. The Hall–Kier alpha value is -4.19. The summed E-state index contributed by atoms with van der Waals surface area (Å²) in [4.78, 5) is 21.5. The van der Waals surface area contributed by atoms with Gasteiger partial charge in [-0.1, -0.05) is 30.3 Å². The fourth-order valence-corrected chi connectivity index (χ4v) is 3.40. The lowest BCUT2D eigenvalue weighted by molar-refractivity contribution is 0.102. The van der Waals surface area contributed by atoms with Gasteiger partial charge in [0.05, 0.1) is 19.4 Å². The quantitative estimate of drug-likeness (QED) is 0.401. The summed E-state index contributed by atoms with van der Waals surface area (Å²) in [5, 5.41) is 2.91. The summed E-state index contributed by atoms with van der Waals surface area (Å²) in [7, 11) is 1.66. The number of pyridine rings is 2. The standard InChI is InChI=1S/C27H25N3O3/c1-19-16-23(12-14-28-19)29-27(31)22-8-4-7-21(18-22)25-10-5-11-26(30-25)33-15-13-20-6-3-9-24(17-20)32-2/h3-12,14,16-18H,13,15H2,1-2H3,(H,28,29,31). The van der Waals surface area contributed by atoms with E-state index in [1.54, 1.807) is 25.4 Å². The molecule has 0 saturated carbocycles. The van der Waals surface area contributed by atoms with Crippen molar-refractivity contribution in [3.05, 3.63) is 102 Å². The van der Waals surface area contributed by atoms with Crippen LogP contribution in [0.4, 0.5) is 5.69 Å². The van der Waals surface area contributed by atoms with Crippen LogP contribution >= 0.6 is 0 Å². The normalized spacial score (nSPS) is 10.5. The number of rotatable bonds is 8. The van der Waals surface area contributed by atoms with Gasteiger partial charge in [-0.05, 0) is 55.0 Å². The molecule has 33 heavy (non-hydrogen) atoms. The van der Waals surface area contributed by atoms with Crippen LogP contribution in [0.3, 0.4) is 0 Å². The number of carbonyl (C=O) groups excluding carboxylic acids is 1. The first kappa shape index (κ1) is 22.0. The number of amides is 1. The fourth-order valence-electron chi connectivity index (χ4n) is 3.40. The maximum atomic E-state index is 12.7. The molecule has 0 atom stereocenters. The van der Waals surface area contributed by atoms with Crippen molar-refractivity contribution < 1.29 is 14.3 Å². The number of anilines is 1. The molecule has 4 aromatic rings. The molecule has 4 rings (SSSR count). The topological polar surface area (TPSA) is 73.3 Å². The minimum atomic E-state index is -0.187. The minimum Gasteiger partial charge on any atom is -0.497 e. The molecule has 0 aliphatic rings. The third kappa shape index (κ3) is 5.95. The number of benzene rings is 2. The zero-order valence-electron chi connectivity index (χ0n) is 18.6. The average molecular weight is 440 g/mol. The molecule has 0 bridgehead atoms. The zero-order chi connectivity index (χ0) is 23.0. The Bertz CT molecular complexity index is 1260. The predicted molar refractivity (Wildman–Crippen MR) is 129 cm³/mol. The maximum absolute atomic E-state index is 12.7. The van der Waals surface area contributed by atoms with Gasteiger partial charge < -0.3 is 14.8 Å². The molecule has 6 nitrogen and oxygen atoms in total. The van der Waals surface area contributed by atoms with Gasteiger partial charge in [-0.3, -0.25) is 9.78 Å². The minimum absolute atomic E-state index is 0.187. The van der Waals surface area contributed by atoms with Gasteiger partial charge in [0, 0.05) is 41.2 Å². The number of nitrogens with one attached hydrogen (secondary N) is 1. The second-order valence-electron chi connectivity index (χ2n) is 7.53. The van der Waals surface area contributed by atoms with Crippen molar-refractivity contribution >= 4 is 11.6 Å². The Morgan fingerprint density at radius 1 is 0.970 bits per heavy atom. The Kier molecular flexibility index (Phi) is 6.95. The van der Waals surface area contributed by atoms with Gasteiger partial charge in [0.25, 0.3) is 5.91 Å². The van der Waals surface area contributed by atoms with Gasteiger partial charge in [0.1, 0.15) is 5.75 Å². The van der Waals surface area contributed by atoms with Gasteiger partial charge >= 0.3 is 0 Å². The summed E-state index contributed by atoms with van der Waals surface area (Å²) in [6.45, 7) is 2.38. The van der Waals surface area contributed by atoms with Crippen LogP contribution in [0.5, 0.6) is 11.6 Å². The van der Waals surface area contributed by atoms with Crippen molar-refractivity contribution in [2.24, 2.45) is 0 Å². The number of aryl methyl sites for hydroxylation is 1. The number of ether oxygens (including phenoxy) is 2. The molecule has 1 amide bonds. The van der Waals surface area contributed by atoms with E-state index in [0.29, 0.717) is 23.7 Å². The highest BCUT2D eigenvalue weighted by atomic mass is 16.5. The monoisotopic (exact) mass is 439 g/mol. The Morgan fingerprint density at radius 3 is 2.67 bits per heavy atom. The number of hydrogen-bond acceptors (Lipinski definition) is 5. The van der Waals surface area contributed by atoms with Crippen molar-refractivity contribution in [3.63, 3.8) is 0 Å². The van der Waals surface area contributed by atoms with Crippen LogP contribution in [-0.2, 0) is 6.42 Å². The lowest BCUT2D eigenvalue weighted by Crippen LogP contribution is -2.12. The van der Waals surface area contributed by atoms with Crippen molar-refractivity contribution in [1.82, 2.24) is 9.97 Å². The average Bonchev–Trinajstić information content (AvgIpc) is 2.84. The molecule has 0 radical (unpaired) electrons. The van der Waals surface area contributed by atoms with Crippen LogP contribution in [0.1, 0.15) is 21.6 Å². The summed E-state index contributed by atoms with van der Waals surface area (Å²) in [5.41, 5.74) is 4.81. The van der Waals surface area contributed by atoms with Crippen molar-refractivity contribution in [2.75, 3.05) is 19.0 Å². The lowest BCUT2D eigenvalue weighted by atomic mass is 10.1. The molecule has 0 unspecified atom stereocenters. The van der Waals surface area contributed by atoms with Crippen LogP contribution in [0.15, 0.2) is 85.1 Å². The Labute approximate surface area is 193 Å². The van der Waals surface area contributed by atoms with E-state index in [4.69, 9.17) is 9.47 Å². The number of hydrogen-bond donors (Lipinski definition) is 1. The smallest absolute Gasteiger partial charge is 0.255 e. The highest BCUT2D eigenvalue weighted by Gasteiger charge is 2.09. The number of carbonyl (C=O) groups is 1. The third-order valence-electron chi connectivity index (χ3n) is 5.07. The molecule has 166 valence electrons. The van der Waals surface area contributed by atoms with Crippen LogP contribution in [0.2, 0.25) is 0 Å². The van der Waals surface area contributed by atoms with Gasteiger partial charge in [-0.15, -0.1) is 0 Å². The predicted octanol–water partition coefficient (Wildman–Crippen LogP) is 5.33. The highest BCUT2D eigenvalue weighted by molar-refractivity contribution is 6.04. The van der Waals surface area contributed by atoms with E-state index in [1.807, 2.05) is 73.7 Å². The summed E-state index contributed by atoms with van der Waals surface area (Å²) >= 11 is 0. The van der Waals surface area contributed by atoms with Gasteiger partial charge in [0.15, 0.2) is 0 Å². The van der Waals surface area contributed by atoms with Crippen LogP contribution in [0.25, 0.3) is 11.3 Å². The first-order chi connectivity index (χ1) is 16.1. The lowest BCUT2D eigenvalue weighted by Gasteiger charge is -2.10. The van der Waals surface area contributed by atoms with Crippen LogP contribution < -0.4 is 14.8 Å². The van der Waals surface area contributed by atoms with E-state index >= 15 is 0 Å². The number of nitrogens with zero attached hydrogens (tertiary/aromatic N) is 2. The molecular formula is C27H25N3O3. The highest BCUT2D eigenvalue weighted by Crippen LogP contribution is 2.22. The fraction of sp³-hybridized carbons (Fsp3) is 0.148. The van der Waals surface area contributed by atoms with Crippen molar-refractivity contribution in [2.45, 2.75) is 13.3 Å². The summed E-state index contributed by atoms with van der Waals surface area (Å²) < 4.78 is 11.1. The molecule has 0 saturated heterocycles. The summed E-state index contributed by atoms with van der Waals surface area (Å²) in [6.07, 6.45) is 2.42. The third-order valence-corrected chi connectivity index (χ3v) is 5.07. The van der Waals surface area contributed by atoms with Gasteiger partial charge in [0.2, 0.25) is 5.88 Å². The molecule has 1 N–H and O–H groups in total. The van der Waals surface area contributed by atoms with Crippen molar-refractivity contribution in [3.8, 4) is 22.9 Å². The van der Waals surface area contributed by atoms with Gasteiger partial charge in [-0.25, -0.2) is 4.98 Å². The molecule has 2 aromatic heterocycles. The largest absolute Gasteiger partial charge is 0.497 e. The molecule has 0 spiro atoms. The molecule has 6 heteroatoms. The molecule has 0 fully saturated rings. The Balaban J connectivity index is 1.42. The SMILES string of the molecule is COc1cccc(CCOc2cccc(-c3cccc(C(=O)Nc4ccnc(C)c4)c3)n2)c1. The first-order valence-corrected chi connectivity index (χ1v) is 10.7. The van der Waals surface area contributed by atoms with E-state index < -0.39 is 0 Å². The summed E-state index contributed by atoms with van der Waals surface area (Å²) in [6, 6.07) is 24.5. The van der Waals surface area contributed by atoms with E-state index in [9.17, 15) is 4.79 Å². The van der Waals surface area contributed by atoms with Crippen LogP contribution in [-0.4, -0.2) is 29.6 Å². The van der Waals surface area contributed by atoms with Crippen molar-refractivity contribution in [1.29, 1.82) is 0 Å². The van der Waals surface area contributed by atoms with E-state index in [2.05, 4.69) is 15.3 Å². The van der Waals surface area contributed by atoms with Gasteiger partial charge in [-0.2, -0.15) is 0 Å². The number of aromatic nitrogens is 2. The molecule has 0 aliphatic heterocycles. The molecular weight excluding hydrogens is 414 g/mol. The van der Waals surface area contributed by atoms with E-state index in [-0.39, 0.29) is 5.91 Å². The zero-order valence-corrected chi connectivity index (χ0v) is 18.6.